The second-order valence-corrected chi connectivity index (χ2v) is 8.74. The second-order valence-electron chi connectivity index (χ2n) is 7.92. The van der Waals surface area contributed by atoms with Gasteiger partial charge < -0.3 is 20.5 Å². The molecule has 2 heterocycles. The molecule has 2 aromatic carbocycles. The number of aromatic nitrogens is 3. The van der Waals surface area contributed by atoms with Gasteiger partial charge in [-0.25, -0.2) is 9.97 Å². The molecular weight excluding hydrogens is 505 g/mol. The number of ether oxygens (including phenoxy) is 1. The number of benzene rings is 2. The molecule has 11 heteroatoms. The fourth-order valence-corrected chi connectivity index (χ4v) is 3.89. The number of aliphatic hydroxyl groups is 1. The number of nitrogens with one attached hydrogen (secondary N) is 2. The summed E-state index contributed by atoms with van der Waals surface area (Å²) in [4.78, 5) is 34.0. The minimum Gasteiger partial charge on any atom is -0.497 e. The van der Waals surface area contributed by atoms with Crippen LogP contribution in [0.15, 0.2) is 59.4 Å². The van der Waals surface area contributed by atoms with Gasteiger partial charge in [-0.15, -0.1) is 0 Å². The molecule has 0 saturated heterocycles. The van der Waals surface area contributed by atoms with Crippen LogP contribution in [0.1, 0.15) is 18.7 Å². The Morgan fingerprint density at radius 3 is 2.50 bits per heavy atom. The lowest BCUT2D eigenvalue weighted by Crippen LogP contribution is -2.35. The van der Waals surface area contributed by atoms with Gasteiger partial charge in [-0.2, -0.15) is 0 Å². The first-order chi connectivity index (χ1) is 17.3. The molecule has 1 atom stereocenters. The Morgan fingerprint density at radius 1 is 1.08 bits per heavy atom. The summed E-state index contributed by atoms with van der Waals surface area (Å²) in [6.45, 7) is 1.54. The number of methoxy groups -OCH3 is 1. The van der Waals surface area contributed by atoms with Crippen LogP contribution in [0.3, 0.4) is 0 Å². The Labute approximate surface area is 216 Å². The van der Waals surface area contributed by atoms with Crippen LogP contribution in [0.4, 0.5) is 5.82 Å². The number of halogens is 2. The monoisotopic (exact) mass is 527 g/mol. The summed E-state index contributed by atoms with van der Waals surface area (Å²) in [6.07, 6.45) is -1.37. The van der Waals surface area contributed by atoms with E-state index in [1.54, 1.807) is 55.6 Å². The van der Waals surface area contributed by atoms with Gasteiger partial charge in [0.2, 0.25) is 5.91 Å². The predicted octanol–water partition coefficient (Wildman–Crippen LogP) is 4.01. The highest BCUT2D eigenvalue weighted by atomic mass is 35.5. The quantitative estimate of drug-likeness (QED) is 0.316. The van der Waals surface area contributed by atoms with E-state index < -0.39 is 11.8 Å². The van der Waals surface area contributed by atoms with E-state index >= 15 is 0 Å². The van der Waals surface area contributed by atoms with Gasteiger partial charge in [0, 0.05) is 19.0 Å². The SMILES string of the molecule is COc1ccc(-c2nc3ccc(NCc4ccc(Cl)c(Cl)c4)nc3n(C(O)CNC(C)=O)c2=O)cc1. The molecular formula is C25H23Cl2N5O4. The summed E-state index contributed by atoms with van der Waals surface area (Å²) in [6, 6.07) is 15.5. The molecule has 1 unspecified atom stereocenters. The second kappa shape index (κ2) is 10.9. The minimum atomic E-state index is -1.37. The molecule has 9 nitrogen and oxygen atoms in total. The zero-order valence-electron chi connectivity index (χ0n) is 19.5. The van der Waals surface area contributed by atoms with Crippen LogP contribution in [-0.2, 0) is 11.3 Å². The van der Waals surface area contributed by atoms with Crippen LogP contribution in [0.2, 0.25) is 10.0 Å². The van der Waals surface area contributed by atoms with E-state index in [-0.39, 0.29) is 23.8 Å². The first kappa shape index (κ1) is 25.4. The predicted molar refractivity (Wildman–Crippen MR) is 140 cm³/mol. The summed E-state index contributed by atoms with van der Waals surface area (Å²) in [5.41, 5.74) is 1.55. The summed E-state index contributed by atoms with van der Waals surface area (Å²) in [5.74, 6) is 0.741. The van der Waals surface area contributed by atoms with Crippen molar-refractivity contribution in [3.63, 3.8) is 0 Å². The number of hydrogen-bond donors (Lipinski definition) is 3. The molecule has 0 aliphatic carbocycles. The number of carbonyl (C=O) groups is 1. The zero-order valence-corrected chi connectivity index (χ0v) is 21.0. The lowest BCUT2D eigenvalue weighted by molar-refractivity contribution is -0.119. The van der Waals surface area contributed by atoms with E-state index in [1.165, 1.54) is 6.92 Å². The molecule has 0 saturated carbocycles. The van der Waals surface area contributed by atoms with Crippen LogP contribution >= 0.6 is 23.2 Å². The summed E-state index contributed by atoms with van der Waals surface area (Å²) < 4.78 is 6.31. The van der Waals surface area contributed by atoms with Gasteiger partial charge in [0.1, 0.15) is 22.8 Å². The largest absolute Gasteiger partial charge is 0.497 e. The maximum atomic E-state index is 13.5. The number of rotatable bonds is 8. The average Bonchev–Trinajstić information content (AvgIpc) is 2.87. The molecule has 0 aliphatic heterocycles. The van der Waals surface area contributed by atoms with Gasteiger partial charge in [-0.05, 0) is 54.1 Å². The third kappa shape index (κ3) is 5.59. The van der Waals surface area contributed by atoms with Gasteiger partial charge >= 0.3 is 0 Å². The van der Waals surface area contributed by atoms with Gasteiger partial charge in [0.25, 0.3) is 5.56 Å². The van der Waals surface area contributed by atoms with Crippen molar-refractivity contribution in [1.29, 1.82) is 0 Å². The molecule has 1 amide bonds. The van der Waals surface area contributed by atoms with Gasteiger partial charge in [0.05, 0.1) is 23.7 Å². The number of anilines is 1. The van der Waals surface area contributed by atoms with Crippen LogP contribution in [-0.4, -0.2) is 39.2 Å². The molecule has 0 aliphatic rings. The van der Waals surface area contributed by atoms with Crippen molar-refractivity contribution in [3.8, 4) is 17.0 Å². The number of hydrogen-bond acceptors (Lipinski definition) is 7. The maximum absolute atomic E-state index is 13.5. The summed E-state index contributed by atoms with van der Waals surface area (Å²) in [5, 5.41) is 17.5. The Hall–Kier alpha value is -3.66. The molecule has 186 valence electrons. The molecule has 0 bridgehead atoms. The molecule has 0 fully saturated rings. The van der Waals surface area contributed by atoms with Gasteiger partial charge in [0.15, 0.2) is 11.9 Å². The zero-order chi connectivity index (χ0) is 25.8. The average molecular weight is 528 g/mol. The van der Waals surface area contributed by atoms with Gasteiger partial charge in [-0.3, -0.25) is 14.2 Å². The number of nitrogens with zero attached hydrogens (tertiary/aromatic N) is 3. The Kier molecular flexibility index (Phi) is 7.73. The highest BCUT2D eigenvalue weighted by Gasteiger charge is 2.20. The Bertz CT molecular complexity index is 1470. The van der Waals surface area contributed by atoms with Crippen molar-refractivity contribution in [2.45, 2.75) is 19.7 Å². The number of fused-ring (bicyclic) bond motifs is 1. The van der Waals surface area contributed by atoms with Crippen LogP contribution in [0, 0.1) is 0 Å². The molecule has 0 radical (unpaired) electrons. The first-order valence-electron chi connectivity index (χ1n) is 10.9. The van der Waals surface area contributed by atoms with E-state index in [0.29, 0.717) is 39.2 Å². The topological polar surface area (TPSA) is 118 Å². The van der Waals surface area contributed by atoms with Crippen molar-refractivity contribution in [3.05, 3.63) is 80.6 Å². The summed E-state index contributed by atoms with van der Waals surface area (Å²) >= 11 is 12.1. The normalized spacial score (nSPS) is 11.8. The molecule has 4 rings (SSSR count). The number of carbonyl (C=O) groups excluding carboxylic acids is 1. The van der Waals surface area contributed by atoms with Crippen LogP contribution in [0.5, 0.6) is 5.75 Å². The Morgan fingerprint density at radius 2 is 1.83 bits per heavy atom. The van der Waals surface area contributed by atoms with E-state index in [4.69, 9.17) is 27.9 Å². The van der Waals surface area contributed by atoms with Crippen molar-refractivity contribution in [2.75, 3.05) is 19.0 Å². The van der Waals surface area contributed by atoms with Crippen LogP contribution in [0.25, 0.3) is 22.4 Å². The maximum Gasteiger partial charge on any atom is 0.280 e. The highest BCUT2D eigenvalue weighted by Crippen LogP contribution is 2.24. The van der Waals surface area contributed by atoms with E-state index in [1.807, 2.05) is 6.07 Å². The van der Waals surface area contributed by atoms with Crippen molar-refractivity contribution >= 4 is 46.1 Å². The number of pyridine rings is 1. The lowest BCUT2D eigenvalue weighted by atomic mass is 10.1. The highest BCUT2D eigenvalue weighted by molar-refractivity contribution is 6.42. The smallest absolute Gasteiger partial charge is 0.280 e. The molecule has 36 heavy (non-hydrogen) atoms. The third-order valence-corrected chi connectivity index (χ3v) is 6.13. The lowest BCUT2D eigenvalue weighted by Gasteiger charge is -2.18. The third-order valence-electron chi connectivity index (χ3n) is 5.39. The van der Waals surface area contributed by atoms with Crippen molar-refractivity contribution in [1.82, 2.24) is 19.9 Å². The molecule has 4 aromatic rings. The number of aliphatic hydroxyl groups excluding tert-OH is 1. The van der Waals surface area contributed by atoms with Gasteiger partial charge in [-0.1, -0.05) is 29.3 Å². The molecule has 0 spiro atoms. The standard InChI is InChI=1S/C25H23Cl2N5O4/c1-14(33)28-13-22(34)32-24-20(30-23(25(32)35)16-4-6-17(36-2)7-5-16)9-10-21(31-24)29-12-15-3-8-18(26)19(27)11-15/h3-11,22,34H,12-13H2,1-2H3,(H,28,33)(H,29,31). The van der Waals surface area contributed by atoms with E-state index in [9.17, 15) is 14.7 Å². The van der Waals surface area contributed by atoms with E-state index in [2.05, 4.69) is 20.6 Å². The summed E-state index contributed by atoms with van der Waals surface area (Å²) in [7, 11) is 1.55. The molecule has 3 N–H and O–H groups in total. The molecule has 2 aromatic heterocycles. The van der Waals surface area contributed by atoms with Crippen molar-refractivity contribution < 1.29 is 14.6 Å². The van der Waals surface area contributed by atoms with E-state index in [0.717, 1.165) is 10.1 Å². The van der Waals surface area contributed by atoms with Crippen LogP contribution < -0.4 is 20.9 Å². The first-order valence-corrected chi connectivity index (χ1v) is 11.7. The Balaban J connectivity index is 1.76. The number of amides is 1. The fraction of sp³-hybridized carbons (Fsp3) is 0.200. The van der Waals surface area contributed by atoms with Crippen molar-refractivity contribution in [2.24, 2.45) is 0 Å². The minimum absolute atomic E-state index is 0.130. The fourth-order valence-electron chi connectivity index (χ4n) is 3.56.